The van der Waals surface area contributed by atoms with E-state index in [1.807, 2.05) is 6.92 Å². The van der Waals surface area contributed by atoms with Crippen LogP contribution in [0.2, 0.25) is 0 Å². The van der Waals surface area contributed by atoms with Crippen molar-refractivity contribution in [2.45, 2.75) is 76.9 Å². The molecule has 0 spiro atoms. The molecule has 0 heterocycles. The van der Waals surface area contributed by atoms with Crippen LogP contribution in [-0.2, 0) is 0 Å². The van der Waals surface area contributed by atoms with Gasteiger partial charge in [-0.1, -0.05) is 44.9 Å². The second-order valence-corrected chi connectivity index (χ2v) is 4.81. The van der Waals surface area contributed by atoms with Gasteiger partial charge in [-0.05, 0) is 25.8 Å². The highest BCUT2D eigenvalue weighted by Gasteiger charge is 1.99. The topological polar surface area (TPSA) is 60.7 Å². The summed E-state index contributed by atoms with van der Waals surface area (Å²) in [5, 5.41) is 26.8. The largest absolute Gasteiger partial charge is 0.516 e. The maximum absolute atomic E-state index is 9.30. The molecule has 3 heteroatoms. The van der Waals surface area contributed by atoms with Crippen molar-refractivity contribution in [2.24, 2.45) is 0 Å². The normalized spacial score (nSPS) is 15.2. The highest BCUT2D eigenvalue weighted by atomic mass is 16.3. The molecule has 0 saturated carbocycles. The van der Waals surface area contributed by atoms with E-state index in [0.717, 1.165) is 38.4 Å². The van der Waals surface area contributed by atoms with Crippen LogP contribution in [0.4, 0.5) is 0 Å². The Bertz CT molecular complexity index is 178. The summed E-state index contributed by atoms with van der Waals surface area (Å²) >= 11 is 0. The summed E-state index contributed by atoms with van der Waals surface area (Å²) in [6, 6.07) is 0. The van der Waals surface area contributed by atoms with Crippen LogP contribution < -0.4 is 0 Å². The van der Waals surface area contributed by atoms with Gasteiger partial charge in [0, 0.05) is 0 Å². The van der Waals surface area contributed by atoms with Gasteiger partial charge in [-0.25, -0.2) is 0 Å². The molecule has 0 saturated heterocycles. The quantitative estimate of drug-likeness (QED) is 0.386. The van der Waals surface area contributed by atoms with Crippen molar-refractivity contribution in [3.05, 3.63) is 12.3 Å². The Morgan fingerprint density at radius 2 is 1.29 bits per heavy atom. The van der Waals surface area contributed by atoms with Gasteiger partial charge in [0.1, 0.15) is 0 Å². The van der Waals surface area contributed by atoms with E-state index in [4.69, 9.17) is 10.2 Å². The minimum atomic E-state index is -0.494. The van der Waals surface area contributed by atoms with E-state index in [-0.39, 0.29) is 6.10 Å². The Balaban J connectivity index is 3.08. The number of aliphatic hydroxyl groups excluding tert-OH is 3. The van der Waals surface area contributed by atoms with Crippen LogP contribution in [0.25, 0.3) is 0 Å². The summed E-state index contributed by atoms with van der Waals surface area (Å²) in [6.45, 7) is 1.84. The molecule has 0 amide bonds. The summed E-state index contributed by atoms with van der Waals surface area (Å²) < 4.78 is 0. The molecule has 3 nitrogen and oxygen atoms in total. The van der Waals surface area contributed by atoms with Gasteiger partial charge in [-0.15, -0.1) is 0 Å². The Labute approximate surface area is 105 Å². The predicted octanol–water partition coefficient (Wildman–Crippen LogP) is 3.31. The summed E-state index contributed by atoms with van der Waals surface area (Å²) in [4.78, 5) is 0. The van der Waals surface area contributed by atoms with Gasteiger partial charge in [0.15, 0.2) is 0 Å². The van der Waals surface area contributed by atoms with E-state index >= 15 is 0 Å². The SMILES string of the molecule is CC(O)CCCCCCCCCC(O)C=CO. The highest BCUT2D eigenvalue weighted by Crippen LogP contribution is 2.11. The first kappa shape index (κ1) is 16.5. The third kappa shape index (κ3) is 13.4. The Morgan fingerprint density at radius 3 is 1.76 bits per heavy atom. The molecule has 0 bridgehead atoms. The lowest BCUT2D eigenvalue weighted by atomic mass is 10.0. The third-order valence-corrected chi connectivity index (χ3v) is 2.93. The second kappa shape index (κ2) is 11.9. The first-order valence-corrected chi connectivity index (χ1v) is 6.84. The Morgan fingerprint density at radius 1 is 0.824 bits per heavy atom. The van der Waals surface area contributed by atoms with Crippen LogP contribution in [0.3, 0.4) is 0 Å². The van der Waals surface area contributed by atoms with Crippen molar-refractivity contribution in [1.29, 1.82) is 0 Å². The van der Waals surface area contributed by atoms with E-state index < -0.39 is 6.10 Å². The average Bonchev–Trinajstić information content (AvgIpc) is 2.27. The van der Waals surface area contributed by atoms with Crippen LogP contribution in [-0.4, -0.2) is 27.5 Å². The van der Waals surface area contributed by atoms with Gasteiger partial charge in [-0.3, -0.25) is 0 Å². The molecule has 0 aromatic heterocycles. The van der Waals surface area contributed by atoms with Gasteiger partial charge in [0.25, 0.3) is 0 Å². The lowest BCUT2D eigenvalue weighted by molar-refractivity contribution is 0.180. The fraction of sp³-hybridized carbons (Fsp3) is 0.857. The molecule has 2 atom stereocenters. The van der Waals surface area contributed by atoms with Crippen LogP contribution >= 0.6 is 0 Å². The summed E-state index contributed by atoms with van der Waals surface area (Å²) in [5.41, 5.74) is 0. The van der Waals surface area contributed by atoms with Crippen molar-refractivity contribution in [3.63, 3.8) is 0 Å². The molecule has 17 heavy (non-hydrogen) atoms. The van der Waals surface area contributed by atoms with Crippen molar-refractivity contribution in [2.75, 3.05) is 0 Å². The smallest absolute Gasteiger partial charge is 0.0777 e. The van der Waals surface area contributed by atoms with Crippen LogP contribution in [0.15, 0.2) is 12.3 Å². The van der Waals surface area contributed by atoms with Crippen molar-refractivity contribution in [1.82, 2.24) is 0 Å². The molecule has 0 aliphatic carbocycles. The number of rotatable bonds is 11. The molecule has 0 aliphatic heterocycles. The average molecular weight is 244 g/mol. The van der Waals surface area contributed by atoms with Gasteiger partial charge in [0.2, 0.25) is 0 Å². The molecule has 0 aliphatic rings. The fourth-order valence-corrected chi connectivity index (χ4v) is 1.87. The molecule has 0 rings (SSSR count). The van der Waals surface area contributed by atoms with Crippen LogP contribution in [0.1, 0.15) is 64.7 Å². The van der Waals surface area contributed by atoms with Crippen molar-refractivity contribution in [3.8, 4) is 0 Å². The monoisotopic (exact) mass is 244 g/mol. The predicted molar refractivity (Wildman–Crippen MR) is 71.0 cm³/mol. The molecule has 0 aromatic carbocycles. The molecule has 0 radical (unpaired) electrons. The standard InChI is InChI=1S/C14H28O3/c1-13(16)9-7-5-3-2-4-6-8-10-14(17)11-12-15/h11-17H,2-10H2,1H3. The molecule has 102 valence electrons. The summed E-state index contributed by atoms with van der Waals surface area (Å²) in [5.74, 6) is 0. The zero-order valence-corrected chi connectivity index (χ0v) is 11.0. The molecular formula is C14H28O3. The molecule has 2 unspecified atom stereocenters. The Hall–Kier alpha value is -0.540. The van der Waals surface area contributed by atoms with Crippen LogP contribution in [0.5, 0.6) is 0 Å². The van der Waals surface area contributed by atoms with E-state index in [0.29, 0.717) is 0 Å². The number of unbranched alkanes of at least 4 members (excludes halogenated alkanes) is 6. The molecule has 0 aromatic rings. The molecular weight excluding hydrogens is 216 g/mol. The van der Waals surface area contributed by atoms with E-state index in [9.17, 15) is 5.11 Å². The number of aliphatic hydroxyl groups is 3. The summed E-state index contributed by atoms with van der Waals surface area (Å²) in [7, 11) is 0. The Kier molecular flexibility index (Phi) is 11.6. The third-order valence-electron chi connectivity index (χ3n) is 2.93. The van der Waals surface area contributed by atoms with Gasteiger partial charge in [-0.2, -0.15) is 0 Å². The molecule has 0 fully saturated rings. The lowest BCUT2D eigenvalue weighted by Gasteiger charge is -2.05. The molecule has 3 N–H and O–H groups in total. The first-order chi connectivity index (χ1) is 8.16. The van der Waals surface area contributed by atoms with Crippen molar-refractivity contribution >= 4 is 0 Å². The zero-order chi connectivity index (χ0) is 12.9. The minimum Gasteiger partial charge on any atom is -0.516 e. The minimum absolute atomic E-state index is 0.156. The highest BCUT2D eigenvalue weighted by molar-refractivity contribution is 4.81. The maximum Gasteiger partial charge on any atom is 0.0777 e. The maximum atomic E-state index is 9.30. The number of hydrogen-bond acceptors (Lipinski definition) is 3. The van der Waals surface area contributed by atoms with Crippen LogP contribution in [0, 0.1) is 0 Å². The van der Waals surface area contributed by atoms with Gasteiger partial charge < -0.3 is 15.3 Å². The van der Waals surface area contributed by atoms with Gasteiger partial charge >= 0.3 is 0 Å². The van der Waals surface area contributed by atoms with Gasteiger partial charge in [0.05, 0.1) is 18.5 Å². The van der Waals surface area contributed by atoms with E-state index in [1.54, 1.807) is 0 Å². The second-order valence-electron chi connectivity index (χ2n) is 4.81. The van der Waals surface area contributed by atoms with Crippen molar-refractivity contribution < 1.29 is 15.3 Å². The van der Waals surface area contributed by atoms with E-state index in [1.165, 1.54) is 31.8 Å². The first-order valence-electron chi connectivity index (χ1n) is 6.84. The fourth-order valence-electron chi connectivity index (χ4n) is 1.87. The summed E-state index contributed by atoms with van der Waals surface area (Å²) in [6.07, 6.45) is 11.5. The van der Waals surface area contributed by atoms with E-state index in [2.05, 4.69) is 0 Å². The lowest BCUT2D eigenvalue weighted by Crippen LogP contribution is -2.01. The number of hydrogen-bond donors (Lipinski definition) is 3. The zero-order valence-electron chi connectivity index (χ0n) is 11.0.